The number of rotatable bonds is 5. The maximum absolute atomic E-state index is 4.77. The van der Waals surface area contributed by atoms with Crippen molar-refractivity contribution in [1.82, 2.24) is 24.8 Å². The molecule has 0 radical (unpaired) electrons. The SMILES string of the molecule is c1ccc(CCN2CCN(n3ncnc4c(-c5nccs5)c5c(c3-4)CCCC5)CC2)cc1. The second-order valence-electron chi connectivity index (χ2n) is 8.75. The van der Waals surface area contributed by atoms with Gasteiger partial charge in [-0.3, -0.25) is 9.91 Å². The van der Waals surface area contributed by atoms with Gasteiger partial charge in [0.15, 0.2) is 0 Å². The molecule has 1 aromatic carbocycles. The van der Waals surface area contributed by atoms with E-state index in [-0.39, 0.29) is 0 Å². The fourth-order valence-electron chi connectivity index (χ4n) is 5.25. The highest BCUT2D eigenvalue weighted by molar-refractivity contribution is 7.13. The molecule has 7 heteroatoms. The number of nitrogens with zero attached hydrogens (tertiary/aromatic N) is 6. The Kier molecular flexibility index (Phi) is 5.37. The van der Waals surface area contributed by atoms with Crippen LogP contribution in [0.3, 0.4) is 0 Å². The first kappa shape index (κ1) is 19.9. The van der Waals surface area contributed by atoms with Gasteiger partial charge in [0.25, 0.3) is 0 Å². The summed E-state index contributed by atoms with van der Waals surface area (Å²) in [6.07, 6.45) is 9.46. The van der Waals surface area contributed by atoms with Gasteiger partial charge < -0.3 is 0 Å². The standard InChI is InChI=1S/C25H28N6S/c1-2-6-19(7-3-1)10-12-29-13-15-30(16-14-29)31-24-21-9-5-4-8-20(21)22(23(24)27-18-28-31)25-26-11-17-32-25/h1-3,6-7,11,17-18H,4-5,8-10,12-16H2. The minimum atomic E-state index is 0.984. The molecule has 6 rings (SSSR count). The Hall–Kier alpha value is -2.77. The van der Waals surface area contributed by atoms with Crippen LogP contribution >= 0.6 is 11.3 Å². The number of piperazine rings is 1. The summed E-state index contributed by atoms with van der Waals surface area (Å²) in [7, 11) is 0. The second kappa shape index (κ2) is 8.64. The summed E-state index contributed by atoms with van der Waals surface area (Å²) < 4.78 is 0. The van der Waals surface area contributed by atoms with Crippen LogP contribution in [0.4, 0.5) is 0 Å². The van der Waals surface area contributed by atoms with Crippen molar-refractivity contribution in [2.45, 2.75) is 32.1 Å². The number of benzene rings is 1. The largest absolute Gasteiger partial charge is 0.299 e. The van der Waals surface area contributed by atoms with Crippen molar-refractivity contribution in [3.8, 4) is 22.0 Å². The molecule has 0 unspecified atom stereocenters. The first-order chi connectivity index (χ1) is 15.9. The summed E-state index contributed by atoms with van der Waals surface area (Å²) in [4.78, 5) is 14.2. The van der Waals surface area contributed by atoms with Crippen molar-refractivity contribution in [1.29, 1.82) is 0 Å². The number of fused-ring (bicyclic) bond motifs is 3. The molecule has 4 aliphatic rings. The molecule has 3 heterocycles. The van der Waals surface area contributed by atoms with Crippen molar-refractivity contribution >= 4 is 11.3 Å². The molecule has 2 aliphatic carbocycles. The third-order valence-corrected chi connectivity index (χ3v) is 7.68. The van der Waals surface area contributed by atoms with Crippen molar-refractivity contribution in [2.24, 2.45) is 0 Å². The molecule has 2 aliphatic heterocycles. The quantitative estimate of drug-likeness (QED) is 0.468. The van der Waals surface area contributed by atoms with E-state index in [1.54, 1.807) is 17.7 Å². The van der Waals surface area contributed by atoms with Crippen LogP contribution in [0.5, 0.6) is 0 Å². The fourth-order valence-corrected chi connectivity index (χ4v) is 5.96. The summed E-state index contributed by atoms with van der Waals surface area (Å²) >= 11 is 1.71. The number of thiazole rings is 1. The molecule has 1 aromatic heterocycles. The lowest BCUT2D eigenvalue weighted by molar-refractivity contribution is 0.237. The van der Waals surface area contributed by atoms with E-state index in [9.17, 15) is 0 Å². The molecule has 0 atom stereocenters. The minimum absolute atomic E-state index is 0.984. The van der Waals surface area contributed by atoms with E-state index >= 15 is 0 Å². The topological polar surface area (TPSA) is 50.1 Å². The second-order valence-corrected chi connectivity index (χ2v) is 9.65. The summed E-state index contributed by atoms with van der Waals surface area (Å²) in [6.45, 7) is 5.21. The molecule has 2 aromatic rings. The highest BCUT2D eigenvalue weighted by atomic mass is 32.1. The van der Waals surface area contributed by atoms with Gasteiger partial charge in [-0.2, -0.15) is 4.79 Å². The van der Waals surface area contributed by atoms with Crippen molar-refractivity contribution in [2.75, 3.05) is 37.7 Å². The molecule has 0 amide bonds. The first-order valence-electron chi connectivity index (χ1n) is 11.7. The van der Waals surface area contributed by atoms with Gasteiger partial charge in [-0.05, 0) is 48.8 Å². The Morgan fingerprint density at radius 3 is 2.50 bits per heavy atom. The summed E-state index contributed by atoms with van der Waals surface area (Å²) in [5.74, 6) is 0. The molecule has 6 nitrogen and oxygen atoms in total. The average Bonchev–Trinajstić information content (AvgIpc) is 3.49. The van der Waals surface area contributed by atoms with E-state index in [0.717, 1.165) is 62.7 Å². The Bertz CT molecular complexity index is 1140. The third kappa shape index (κ3) is 3.59. The van der Waals surface area contributed by atoms with E-state index in [2.05, 4.69) is 55.4 Å². The lowest BCUT2D eigenvalue weighted by Crippen LogP contribution is -2.52. The maximum Gasteiger partial charge on any atom is 0.138 e. The lowest BCUT2D eigenvalue weighted by atomic mass is 9.93. The van der Waals surface area contributed by atoms with Gasteiger partial charge >= 0.3 is 0 Å². The highest BCUT2D eigenvalue weighted by Gasteiger charge is 2.32. The number of hydrogen-bond acceptors (Lipinski definition) is 6. The molecule has 0 N–H and O–H groups in total. The van der Waals surface area contributed by atoms with Crippen molar-refractivity contribution in [3.63, 3.8) is 0 Å². The lowest BCUT2D eigenvalue weighted by Gasteiger charge is -2.37. The van der Waals surface area contributed by atoms with E-state index < -0.39 is 0 Å². The maximum atomic E-state index is 4.77. The summed E-state index contributed by atoms with van der Waals surface area (Å²) in [5, 5.41) is 10.3. The van der Waals surface area contributed by atoms with Gasteiger partial charge in [0.1, 0.15) is 22.7 Å². The van der Waals surface area contributed by atoms with E-state index in [1.807, 2.05) is 6.20 Å². The summed E-state index contributed by atoms with van der Waals surface area (Å²) in [6, 6.07) is 10.8. The first-order valence-corrected chi connectivity index (χ1v) is 12.6. The zero-order valence-corrected chi connectivity index (χ0v) is 19.1. The van der Waals surface area contributed by atoms with Crippen LogP contribution in [0.2, 0.25) is 0 Å². The summed E-state index contributed by atoms with van der Waals surface area (Å²) in [5.41, 5.74) is 7.86. The monoisotopic (exact) mass is 444 g/mol. The van der Waals surface area contributed by atoms with Crippen LogP contribution in [0, 0.1) is 0 Å². The molecule has 0 spiro atoms. The van der Waals surface area contributed by atoms with Crippen LogP contribution in [0.25, 0.3) is 22.0 Å². The third-order valence-electron chi connectivity index (χ3n) is 6.89. The van der Waals surface area contributed by atoms with Crippen LogP contribution < -0.4 is 5.01 Å². The van der Waals surface area contributed by atoms with Crippen molar-refractivity contribution < 1.29 is 0 Å². The molecule has 164 valence electrons. The highest BCUT2D eigenvalue weighted by Crippen LogP contribution is 2.45. The Morgan fingerprint density at radius 1 is 0.906 bits per heavy atom. The Labute approximate surface area is 192 Å². The van der Waals surface area contributed by atoms with Crippen LogP contribution in [0.1, 0.15) is 29.5 Å². The van der Waals surface area contributed by atoms with Gasteiger partial charge in [-0.15, -0.1) is 16.4 Å². The average molecular weight is 445 g/mol. The van der Waals surface area contributed by atoms with Gasteiger partial charge in [0.2, 0.25) is 0 Å². The van der Waals surface area contributed by atoms with E-state index in [4.69, 9.17) is 10.1 Å². The number of hydrogen-bond donors (Lipinski definition) is 0. The van der Waals surface area contributed by atoms with Gasteiger partial charge in [-0.1, -0.05) is 30.3 Å². The Morgan fingerprint density at radius 2 is 1.72 bits per heavy atom. The van der Waals surface area contributed by atoms with Crippen LogP contribution in [-0.4, -0.2) is 57.5 Å². The predicted molar refractivity (Wildman–Crippen MR) is 129 cm³/mol. The minimum Gasteiger partial charge on any atom is -0.299 e. The van der Waals surface area contributed by atoms with Gasteiger partial charge in [0, 0.05) is 49.9 Å². The van der Waals surface area contributed by atoms with Crippen LogP contribution in [-0.2, 0) is 19.3 Å². The normalized spacial score (nSPS) is 17.1. The van der Waals surface area contributed by atoms with E-state index in [0.29, 0.717) is 0 Å². The molecule has 0 saturated carbocycles. The molecule has 1 fully saturated rings. The Balaban J connectivity index is 1.25. The molecular formula is C25H28N6S. The smallest absolute Gasteiger partial charge is 0.138 e. The van der Waals surface area contributed by atoms with Gasteiger partial charge in [-0.25, -0.2) is 9.97 Å². The molecule has 32 heavy (non-hydrogen) atoms. The van der Waals surface area contributed by atoms with Crippen LogP contribution in [0.15, 0.2) is 48.2 Å². The van der Waals surface area contributed by atoms with Crippen molar-refractivity contribution in [3.05, 3.63) is 64.9 Å². The number of aromatic nitrogens is 4. The zero-order valence-electron chi connectivity index (χ0n) is 18.3. The fraction of sp³-hybridized carbons (Fsp3) is 0.400. The van der Waals surface area contributed by atoms with E-state index in [1.165, 1.54) is 40.8 Å². The molecular weight excluding hydrogens is 416 g/mol. The van der Waals surface area contributed by atoms with Gasteiger partial charge in [0.05, 0.1) is 0 Å². The zero-order chi connectivity index (χ0) is 21.3. The molecule has 0 bridgehead atoms. The predicted octanol–water partition coefficient (Wildman–Crippen LogP) is 3.88. The molecule has 1 saturated heterocycles.